The van der Waals surface area contributed by atoms with Crippen molar-refractivity contribution in [2.45, 2.75) is 55.8 Å². The standard InChI is InChI=1S/C31H32N2O6S2/c1-19-25(18-40-31-33-24-4-2-3-5-26(24)41-31)38-30(39-29(19)22-10-8-21(17-34)9-11-22)23-12-6-20(7-13-23)16-32-27(35)14-15-28(36)37/h2-13,19,25,29-30,34H,14-18H2,1H3,(H,32,35)(H,36,37). The minimum absolute atomic E-state index is 0.0130. The minimum Gasteiger partial charge on any atom is -0.481 e. The lowest BCUT2D eigenvalue weighted by molar-refractivity contribution is -0.268. The van der Waals surface area contributed by atoms with Gasteiger partial charge in [0, 0.05) is 30.2 Å². The number of thiazole rings is 1. The van der Waals surface area contributed by atoms with Crippen LogP contribution < -0.4 is 5.32 Å². The van der Waals surface area contributed by atoms with E-state index in [-0.39, 0.29) is 43.5 Å². The van der Waals surface area contributed by atoms with E-state index in [4.69, 9.17) is 19.6 Å². The molecule has 5 rings (SSSR count). The molecule has 1 saturated heterocycles. The summed E-state index contributed by atoms with van der Waals surface area (Å²) in [6.07, 6.45) is -1.15. The number of aliphatic hydroxyl groups is 1. The van der Waals surface area contributed by atoms with Gasteiger partial charge in [-0.1, -0.05) is 79.3 Å². The largest absolute Gasteiger partial charge is 0.481 e. The van der Waals surface area contributed by atoms with Crippen molar-refractivity contribution in [3.05, 3.63) is 95.1 Å². The van der Waals surface area contributed by atoms with Crippen molar-refractivity contribution >= 4 is 45.2 Å². The molecule has 4 unspecified atom stereocenters. The van der Waals surface area contributed by atoms with Crippen LogP contribution in [0, 0.1) is 5.92 Å². The van der Waals surface area contributed by atoms with Crippen LogP contribution in [0.25, 0.3) is 10.2 Å². The van der Waals surface area contributed by atoms with E-state index in [9.17, 15) is 14.7 Å². The van der Waals surface area contributed by atoms with Crippen LogP contribution in [0.1, 0.15) is 54.4 Å². The number of aliphatic carboxylic acids is 1. The monoisotopic (exact) mass is 592 g/mol. The number of aliphatic hydroxyl groups excluding tert-OH is 1. The van der Waals surface area contributed by atoms with Crippen LogP contribution in [0.5, 0.6) is 0 Å². The lowest BCUT2D eigenvalue weighted by Gasteiger charge is -2.41. The molecule has 1 fully saturated rings. The van der Waals surface area contributed by atoms with Crippen molar-refractivity contribution in [1.29, 1.82) is 0 Å². The number of aromatic nitrogens is 1. The summed E-state index contributed by atoms with van der Waals surface area (Å²) in [5.41, 5.74) is 4.63. The zero-order chi connectivity index (χ0) is 28.8. The number of carbonyl (C=O) groups is 2. The highest BCUT2D eigenvalue weighted by Crippen LogP contribution is 2.43. The molecule has 1 aliphatic heterocycles. The van der Waals surface area contributed by atoms with Crippen LogP contribution in [-0.2, 0) is 32.2 Å². The summed E-state index contributed by atoms with van der Waals surface area (Å²) in [4.78, 5) is 27.3. The minimum atomic E-state index is -0.995. The highest BCUT2D eigenvalue weighted by molar-refractivity contribution is 8.01. The summed E-state index contributed by atoms with van der Waals surface area (Å²) < 4.78 is 15.2. The number of hydrogen-bond acceptors (Lipinski definition) is 8. The van der Waals surface area contributed by atoms with Gasteiger partial charge in [0.15, 0.2) is 10.6 Å². The summed E-state index contributed by atoms with van der Waals surface area (Å²) in [5.74, 6) is -0.515. The number of rotatable bonds is 11. The Balaban J connectivity index is 1.30. The Morgan fingerprint density at radius 3 is 2.37 bits per heavy atom. The molecule has 0 aliphatic carbocycles. The fourth-order valence-corrected chi connectivity index (χ4v) is 6.94. The van der Waals surface area contributed by atoms with Gasteiger partial charge in [-0.15, -0.1) is 11.3 Å². The summed E-state index contributed by atoms with van der Waals surface area (Å²) in [6, 6.07) is 23.7. The predicted octanol–water partition coefficient (Wildman–Crippen LogP) is 5.85. The van der Waals surface area contributed by atoms with Gasteiger partial charge in [0.25, 0.3) is 0 Å². The first-order valence-corrected chi connectivity index (χ1v) is 15.3. The van der Waals surface area contributed by atoms with Crippen LogP contribution in [-0.4, -0.2) is 38.9 Å². The van der Waals surface area contributed by atoms with Gasteiger partial charge >= 0.3 is 5.97 Å². The SMILES string of the molecule is CC1C(CSc2nc3ccccc3s2)OC(c2ccc(CNC(=O)CCC(=O)O)cc2)OC1c1ccc(CO)cc1. The van der Waals surface area contributed by atoms with Gasteiger partial charge in [-0.3, -0.25) is 9.59 Å². The van der Waals surface area contributed by atoms with E-state index >= 15 is 0 Å². The average Bonchev–Trinajstić information content (AvgIpc) is 3.42. The van der Waals surface area contributed by atoms with Crippen LogP contribution in [0.4, 0.5) is 0 Å². The van der Waals surface area contributed by atoms with Crippen LogP contribution >= 0.6 is 23.1 Å². The molecule has 1 aromatic heterocycles. The Labute approximate surface area is 246 Å². The van der Waals surface area contributed by atoms with E-state index in [1.807, 2.05) is 66.7 Å². The number of thioether (sulfide) groups is 1. The first kappa shape index (κ1) is 29.2. The molecule has 1 aliphatic rings. The fraction of sp³-hybridized carbons (Fsp3) is 0.323. The molecule has 0 spiro atoms. The highest BCUT2D eigenvalue weighted by atomic mass is 32.2. The van der Waals surface area contributed by atoms with Gasteiger partial charge in [0.1, 0.15) is 0 Å². The number of hydrogen-bond donors (Lipinski definition) is 3. The number of carboxylic acid groups (broad SMARTS) is 1. The maximum atomic E-state index is 11.9. The van der Waals surface area contributed by atoms with E-state index in [2.05, 4.69) is 18.3 Å². The van der Waals surface area contributed by atoms with Crippen molar-refractivity contribution in [1.82, 2.24) is 10.3 Å². The summed E-state index contributed by atoms with van der Waals surface area (Å²) >= 11 is 3.37. The Bertz CT molecular complexity index is 1440. The molecule has 1 amide bonds. The van der Waals surface area contributed by atoms with Gasteiger partial charge in [0.2, 0.25) is 5.91 Å². The summed E-state index contributed by atoms with van der Waals surface area (Å²) in [5, 5.41) is 21.0. The number of carbonyl (C=O) groups excluding carboxylic acids is 1. The zero-order valence-corrected chi connectivity index (χ0v) is 24.2. The molecular weight excluding hydrogens is 560 g/mol. The highest BCUT2D eigenvalue weighted by Gasteiger charge is 2.38. The first-order chi connectivity index (χ1) is 19.9. The van der Waals surface area contributed by atoms with E-state index in [1.54, 1.807) is 23.1 Å². The van der Waals surface area contributed by atoms with Crippen molar-refractivity contribution in [3.8, 4) is 0 Å². The van der Waals surface area contributed by atoms with Crippen LogP contribution in [0.15, 0.2) is 77.1 Å². The zero-order valence-electron chi connectivity index (χ0n) is 22.6. The van der Waals surface area contributed by atoms with Gasteiger partial charge in [-0.25, -0.2) is 4.98 Å². The topological polar surface area (TPSA) is 118 Å². The Kier molecular flexibility index (Phi) is 9.68. The number of amides is 1. The van der Waals surface area contributed by atoms with Crippen molar-refractivity contribution < 1.29 is 29.3 Å². The molecule has 0 saturated carbocycles. The number of nitrogens with one attached hydrogen (secondary N) is 1. The van der Waals surface area contributed by atoms with Gasteiger partial charge in [0.05, 0.1) is 35.5 Å². The quantitative estimate of drug-likeness (QED) is 0.186. The van der Waals surface area contributed by atoms with Gasteiger partial charge in [-0.05, 0) is 28.8 Å². The Morgan fingerprint density at radius 2 is 1.66 bits per heavy atom. The number of para-hydroxylation sites is 1. The molecule has 4 aromatic rings. The normalized spacial score (nSPS) is 20.6. The van der Waals surface area contributed by atoms with Crippen molar-refractivity contribution in [2.75, 3.05) is 5.75 Å². The second kappa shape index (κ2) is 13.6. The molecule has 3 N–H and O–H groups in total. The van der Waals surface area contributed by atoms with E-state index < -0.39 is 12.3 Å². The van der Waals surface area contributed by atoms with Gasteiger partial charge in [-0.2, -0.15) is 0 Å². The molecular formula is C31H32N2O6S2. The lowest BCUT2D eigenvalue weighted by atomic mass is 9.91. The average molecular weight is 593 g/mol. The molecule has 4 atom stereocenters. The fourth-order valence-electron chi connectivity index (χ4n) is 4.68. The summed E-state index contributed by atoms with van der Waals surface area (Å²) in [6.45, 7) is 2.44. The maximum absolute atomic E-state index is 11.9. The molecule has 0 radical (unpaired) electrons. The molecule has 41 heavy (non-hydrogen) atoms. The first-order valence-electron chi connectivity index (χ1n) is 13.5. The number of nitrogens with zero attached hydrogens (tertiary/aromatic N) is 1. The van der Waals surface area contributed by atoms with Crippen molar-refractivity contribution in [3.63, 3.8) is 0 Å². The number of fused-ring (bicyclic) bond motifs is 1. The second-order valence-electron chi connectivity index (χ2n) is 9.99. The van der Waals surface area contributed by atoms with E-state index in [0.29, 0.717) is 12.3 Å². The third-order valence-electron chi connectivity index (χ3n) is 7.08. The van der Waals surface area contributed by atoms with Crippen molar-refractivity contribution in [2.24, 2.45) is 5.92 Å². The second-order valence-corrected chi connectivity index (χ2v) is 12.3. The lowest BCUT2D eigenvalue weighted by Crippen LogP contribution is -2.38. The van der Waals surface area contributed by atoms with E-state index in [0.717, 1.165) is 36.8 Å². The smallest absolute Gasteiger partial charge is 0.303 e. The molecule has 214 valence electrons. The summed E-state index contributed by atoms with van der Waals surface area (Å²) in [7, 11) is 0. The van der Waals surface area contributed by atoms with Crippen LogP contribution in [0.3, 0.4) is 0 Å². The predicted molar refractivity (Wildman–Crippen MR) is 158 cm³/mol. The number of benzene rings is 3. The third-order valence-corrected chi connectivity index (χ3v) is 9.34. The third kappa shape index (κ3) is 7.52. The van der Waals surface area contributed by atoms with E-state index in [1.165, 1.54) is 0 Å². The molecule has 10 heteroatoms. The maximum Gasteiger partial charge on any atom is 0.303 e. The Hall–Kier alpha value is -3.28. The van der Waals surface area contributed by atoms with Crippen LogP contribution in [0.2, 0.25) is 0 Å². The van der Waals surface area contributed by atoms with Gasteiger partial charge < -0.3 is 25.0 Å². The molecule has 8 nitrogen and oxygen atoms in total. The number of carboxylic acids is 1. The molecule has 0 bridgehead atoms. The Morgan fingerprint density at radius 1 is 0.951 bits per heavy atom. The number of ether oxygens (including phenoxy) is 2. The molecule has 2 heterocycles. The molecule has 3 aromatic carbocycles.